The number of amides is 1. The van der Waals surface area contributed by atoms with Crippen molar-refractivity contribution in [2.45, 2.75) is 13.3 Å². The van der Waals surface area contributed by atoms with Crippen molar-refractivity contribution >= 4 is 22.9 Å². The standard InChI is InChI=1S/C19H16F2N2O2S/c1-2-25-14-8-6-12(7-9-14)19-22-13(11-26-19)10-17(24)23-18-15(20)4-3-5-16(18)21/h3-9,11H,2,10H2,1H3,(H,23,24). The first-order chi connectivity index (χ1) is 12.6. The number of aromatic nitrogens is 1. The molecule has 3 rings (SSSR count). The molecule has 0 aliphatic carbocycles. The van der Waals surface area contributed by atoms with Gasteiger partial charge in [0, 0.05) is 10.9 Å². The highest BCUT2D eigenvalue weighted by Crippen LogP contribution is 2.26. The fraction of sp³-hybridized carbons (Fsp3) is 0.158. The third-order valence-corrected chi connectivity index (χ3v) is 4.47. The number of halogens is 2. The molecule has 1 N–H and O–H groups in total. The van der Waals surface area contributed by atoms with E-state index in [2.05, 4.69) is 10.3 Å². The molecule has 0 radical (unpaired) electrons. The number of nitrogens with zero attached hydrogens (tertiary/aromatic N) is 1. The Kier molecular flexibility index (Phi) is 5.58. The van der Waals surface area contributed by atoms with Gasteiger partial charge in [-0.2, -0.15) is 0 Å². The maximum atomic E-state index is 13.6. The maximum Gasteiger partial charge on any atom is 0.230 e. The molecule has 134 valence electrons. The number of hydrogen-bond acceptors (Lipinski definition) is 4. The van der Waals surface area contributed by atoms with E-state index in [-0.39, 0.29) is 6.42 Å². The van der Waals surface area contributed by atoms with Crippen LogP contribution in [0.5, 0.6) is 5.75 Å². The molecular weight excluding hydrogens is 358 g/mol. The number of hydrogen-bond donors (Lipinski definition) is 1. The summed E-state index contributed by atoms with van der Waals surface area (Å²) in [5.41, 5.74) is 0.998. The number of benzene rings is 2. The van der Waals surface area contributed by atoms with Crippen LogP contribution in [0, 0.1) is 11.6 Å². The second kappa shape index (κ2) is 8.05. The third kappa shape index (κ3) is 4.23. The molecule has 1 heterocycles. The largest absolute Gasteiger partial charge is 0.494 e. The minimum Gasteiger partial charge on any atom is -0.494 e. The van der Waals surface area contributed by atoms with Crippen LogP contribution >= 0.6 is 11.3 Å². The second-order valence-electron chi connectivity index (χ2n) is 5.42. The van der Waals surface area contributed by atoms with Crippen molar-refractivity contribution in [3.63, 3.8) is 0 Å². The summed E-state index contributed by atoms with van der Waals surface area (Å²) in [4.78, 5) is 16.5. The van der Waals surface area contributed by atoms with Gasteiger partial charge in [-0.3, -0.25) is 4.79 Å². The molecule has 0 fully saturated rings. The van der Waals surface area contributed by atoms with Crippen LogP contribution in [-0.2, 0) is 11.2 Å². The van der Waals surface area contributed by atoms with Gasteiger partial charge in [0.1, 0.15) is 28.1 Å². The van der Waals surface area contributed by atoms with E-state index in [0.29, 0.717) is 12.3 Å². The lowest BCUT2D eigenvalue weighted by molar-refractivity contribution is -0.115. The molecular formula is C19H16F2N2O2S. The predicted octanol–water partition coefficient (Wildman–Crippen LogP) is 4.67. The zero-order valence-electron chi connectivity index (χ0n) is 14.0. The molecule has 0 aliphatic heterocycles. The highest BCUT2D eigenvalue weighted by atomic mass is 32.1. The Morgan fingerprint density at radius 3 is 2.50 bits per heavy atom. The molecule has 26 heavy (non-hydrogen) atoms. The van der Waals surface area contributed by atoms with E-state index in [4.69, 9.17) is 4.74 Å². The van der Waals surface area contributed by atoms with Gasteiger partial charge in [0.2, 0.25) is 5.91 Å². The molecule has 1 aromatic heterocycles. The summed E-state index contributed by atoms with van der Waals surface area (Å²) in [7, 11) is 0. The quantitative estimate of drug-likeness (QED) is 0.682. The van der Waals surface area contributed by atoms with Gasteiger partial charge in [-0.25, -0.2) is 13.8 Å². The van der Waals surface area contributed by atoms with Crippen molar-refractivity contribution in [2.75, 3.05) is 11.9 Å². The highest BCUT2D eigenvalue weighted by Gasteiger charge is 2.14. The van der Waals surface area contributed by atoms with Crippen molar-refractivity contribution in [1.29, 1.82) is 0 Å². The molecule has 4 nitrogen and oxygen atoms in total. The number of nitrogens with one attached hydrogen (secondary N) is 1. The molecule has 0 atom stereocenters. The van der Waals surface area contributed by atoms with E-state index < -0.39 is 23.2 Å². The summed E-state index contributed by atoms with van der Waals surface area (Å²) < 4.78 is 32.6. The van der Waals surface area contributed by atoms with E-state index in [1.807, 2.05) is 31.2 Å². The minimum atomic E-state index is -0.813. The molecule has 1 amide bonds. The molecule has 0 bridgehead atoms. The van der Waals surface area contributed by atoms with Crippen LogP contribution in [0.25, 0.3) is 10.6 Å². The van der Waals surface area contributed by atoms with Crippen LogP contribution in [0.1, 0.15) is 12.6 Å². The normalized spacial score (nSPS) is 10.6. The third-order valence-electron chi connectivity index (χ3n) is 3.53. The molecule has 0 spiro atoms. The first-order valence-corrected chi connectivity index (χ1v) is 8.86. The lowest BCUT2D eigenvalue weighted by Crippen LogP contribution is -2.16. The van der Waals surface area contributed by atoms with Gasteiger partial charge in [-0.1, -0.05) is 6.07 Å². The Morgan fingerprint density at radius 2 is 1.85 bits per heavy atom. The summed E-state index contributed by atoms with van der Waals surface area (Å²) in [5.74, 6) is -1.38. The van der Waals surface area contributed by atoms with Gasteiger partial charge in [-0.05, 0) is 43.3 Å². The number of carbonyl (C=O) groups excluding carboxylic acids is 1. The molecule has 0 saturated heterocycles. The molecule has 2 aromatic carbocycles. The van der Waals surface area contributed by atoms with E-state index in [0.717, 1.165) is 28.5 Å². The zero-order valence-corrected chi connectivity index (χ0v) is 14.8. The summed E-state index contributed by atoms with van der Waals surface area (Å²) in [6.45, 7) is 2.51. The number of carbonyl (C=O) groups is 1. The van der Waals surface area contributed by atoms with Gasteiger partial charge >= 0.3 is 0 Å². The smallest absolute Gasteiger partial charge is 0.230 e. The fourth-order valence-electron chi connectivity index (χ4n) is 2.35. The molecule has 3 aromatic rings. The predicted molar refractivity (Wildman–Crippen MR) is 97.4 cm³/mol. The SMILES string of the molecule is CCOc1ccc(-c2nc(CC(=O)Nc3c(F)cccc3F)cs2)cc1. The lowest BCUT2D eigenvalue weighted by Gasteiger charge is -2.06. The van der Waals surface area contributed by atoms with Crippen LogP contribution in [0.4, 0.5) is 14.5 Å². The van der Waals surface area contributed by atoms with E-state index >= 15 is 0 Å². The Morgan fingerprint density at radius 1 is 1.15 bits per heavy atom. The Hall–Kier alpha value is -2.80. The second-order valence-corrected chi connectivity index (χ2v) is 6.28. The van der Waals surface area contributed by atoms with Gasteiger partial charge < -0.3 is 10.1 Å². The van der Waals surface area contributed by atoms with Crippen LogP contribution in [0.2, 0.25) is 0 Å². The molecule has 0 saturated carbocycles. The van der Waals surface area contributed by atoms with Crippen LogP contribution in [-0.4, -0.2) is 17.5 Å². The molecule has 0 unspecified atom stereocenters. The van der Waals surface area contributed by atoms with Crippen LogP contribution in [0.3, 0.4) is 0 Å². The number of thiazole rings is 1. The van der Waals surface area contributed by atoms with Crippen molar-refractivity contribution in [1.82, 2.24) is 4.98 Å². The molecule has 7 heteroatoms. The average Bonchev–Trinajstić information content (AvgIpc) is 3.08. The van der Waals surface area contributed by atoms with E-state index in [9.17, 15) is 13.6 Å². The Bertz CT molecular complexity index is 890. The van der Waals surface area contributed by atoms with Crippen molar-refractivity contribution in [2.24, 2.45) is 0 Å². The van der Waals surface area contributed by atoms with Gasteiger partial charge in [-0.15, -0.1) is 11.3 Å². The van der Waals surface area contributed by atoms with Crippen molar-refractivity contribution < 1.29 is 18.3 Å². The average molecular weight is 374 g/mol. The molecule has 0 aliphatic rings. The monoisotopic (exact) mass is 374 g/mol. The van der Waals surface area contributed by atoms with Crippen LogP contribution < -0.4 is 10.1 Å². The van der Waals surface area contributed by atoms with Crippen LogP contribution in [0.15, 0.2) is 47.8 Å². The number of rotatable bonds is 6. The van der Waals surface area contributed by atoms with Crippen molar-refractivity contribution in [3.8, 4) is 16.3 Å². The van der Waals surface area contributed by atoms with Crippen molar-refractivity contribution in [3.05, 3.63) is 65.2 Å². The topological polar surface area (TPSA) is 51.2 Å². The highest BCUT2D eigenvalue weighted by molar-refractivity contribution is 7.13. The summed E-state index contributed by atoms with van der Waals surface area (Å²) in [6, 6.07) is 10.9. The number of para-hydroxylation sites is 1. The number of anilines is 1. The lowest BCUT2D eigenvalue weighted by atomic mass is 10.2. The van der Waals surface area contributed by atoms with E-state index in [1.165, 1.54) is 17.4 Å². The summed E-state index contributed by atoms with van der Waals surface area (Å²) >= 11 is 1.40. The summed E-state index contributed by atoms with van der Waals surface area (Å²) in [5, 5.41) is 4.77. The fourth-order valence-corrected chi connectivity index (χ4v) is 3.17. The Labute approximate surface area is 153 Å². The Balaban J connectivity index is 1.67. The van der Waals surface area contributed by atoms with Gasteiger partial charge in [0.15, 0.2) is 0 Å². The maximum absolute atomic E-state index is 13.6. The van der Waals surface area contributed by atoms with Gasteiger partial charge in [0.25, 0.3) is 0 Å². The van der Waals surface area contributed by atoms with Gasteiger partial charge in [0.05, 0.1) is 18.7 Å². The van der Waals surface area contributed by atoms with E-state index in [1.54, 1.807) is 5.38 Å². The first kappa shape index (κ1) is 18.0. The minimum absolute atomic E-state index is 0.0682. The number of ether oxygens (including phenoxy) is 1. The first-order valence-electron chi connectivity index (χ1n) is 7.98. The zero-order chi connectivity index (χ0) is 18.5. The summed E-state index contributed by atoms with van der Waals surface area (Å²) in [6.07, 6.45) is -0.0682.